The van der Waals surface area contributed by atoms with Gasteiger partial charge in [0.05, 0.1) is 0 Å². The summed E-state index contributed by atoms with van der Waals surface area (Å²) in [5.41, 5.74) is 9.27. The number of pyridine rings is 1. The molecule has 0 aliphatic carbocycles. The largest absolute Gasteiger partial charge is 0.370 e. The van der Waals surface area contributed by atoms with E-state index in [4.69, 9.17) is 5.73 Å². The first-order valence-corrected chi connectivity index (χ1v) is 12.7. The molecule has 0 saturated carbocycles. The van der Waals surface area contributed by atoms with Crippen LogP contribution in [0.1, 0.15) is 32.8 Å². The zero-order chi connectivity index (χ0) is 26.6. The SMILES string of the molecule is CN(C(=O)c1ccccc1)c1ccc2c(CCC(N)=O)c(NC(=O)c3csc(-c4ccncc4)n3)[nH]c2c1. The molecule has 0 radical (unpaired) electrons. The van der Waals surface area contributed by atoms with Crippen LogP contribution in [-0.2, 0) is 11.2 Å². The van der Waals surface area contributed by atoms with Gasteiger partial charge in [-0.25, -0.2) is 4.98 Å². The van der Waals surface area contributed by atoms with Gasteiger partial charge in [-0.15, -0.1) is 11.3 Å². The maximum atomic E-state index is 13.1. The summed E-state index contributed by atoms with van der Waals surface area (Å²) in [5.74, 6) is -0.514. The summed E-state index contributed by atoms with van der Waals surface area (Å²) in [5, 5.41) is 6.13. The number of anilines is 2. The first kappa shape index (κ1) is 24.8. The molecule has 0 bridgehead atoms. The molecule has 0 aliphatic rings. The van der Waals surface area contributed by atoms with Crippen molar-refractivity contribution in [1.82, 2.24) is 15.0 Å². The fourth-order valence-electron chi connectivity index (χ4n) is 4.14. The fraction of sp³-hybridized carbons (Fsp3) is 0.107. The number of aromatic nitrogens is 3. The Balaban J connectivity index is 1.44. The summed E-state index contributed by atoms with van der Waals surface area (Å²) in [6.07, 6.45) is 3.80. The molecule has 4 N–H and O–H groups in total. The standard InChI is InChI=1S/C28H24N6O3S/c1-34(28(37)18-5-3-2-4-6-18)19-7-8-20-21(9-10-24(29)35)25(31-22(20)15-19)33-26(36)23-16-38-27(32-23)17-11-13-30-14-12-17/h2-8,11-16,31H,9-10H2,1H3,(H2,29,35)(H,33,36). The molecule has 0 saturated heterocycles. The van der Waals surface area contributed by atoms with Gasteiger partial charge in [0.1, 0.15) is 16.5 Å². The number of nitrogens with two attached hydrogens (primary N) is 1. The maximum Gasteiger partial charge on any atom is 0.276 e. The van der Waals surface area contributed by atoms with Crippen LogP contribution < -0.4 is 16.0 Å². The van der Waals surface area contributed by atoms with E-state index in [0.717, 1.165) is 16.5 Å². The number of aromatic amines is 1. The molecule has 5 rings (SSSR count). The maximum absolute atomic E-state index is 13.1. The minimum Gasteiger partial charge on any atom is -0.370 e. The van der Waals surface area contributed by atoms with E-state index in [-0.39, 0.29) is 23.9 Å². The second kappa shape index (κ2) is 10.7. The summed E-state index contributed by atoms with van der Waals surface area (Å²) in [6.45, 7) is 0. The van der Waals surface area contributed by atoms with Crippen molar-refractivity contribution in [2.75, 3.05) is 17.3 Å². The van der Waals surface area contributed by atoms with E-state index in [9.17, 15) is 14.4 Å². The Hall–Kier alpha value is -4.83. The third-order valence-corrected chi connectivity index (χ3v) is 7.02. The number of benzene rings is 2. The Morgan fingerprint density at radius 2 is 1.82 bits per heavy atom. The van der Waals surface area contributed by atoms with Crippen LogP contribution in [0.4, 0.5) is 11.5 Å². The van der Waals surface area contributed by atoms with Crippen molar-refractivity contribution in [3.05, 3.63) is 95.3 Å². The van der Waals surface area contributed by atoms with Gasteiger partial charge in [-0.2, -0.15) is 0 Å². The average molecular weight is 525 g/mol. The second-order valence-electron chi connectivity index (χ2n) is 8.63. The zero-order valence-corrected chi connectivity index (χ0v) is 21.3. The van der Waals surface area contributed by atoms with Crippen molar-refractivity contribution in [2.24, 2.45) is 5.73 Å². The molecule has 3 heterocycles. The number of hydrogen-bond donors (Lipinski definition) is 3. The molecule has 3 amide bonds. The molecule has 3 aromatic heterocycles. The monoisotopic (exact) mass is 524 g/mol. The first-order chi connectivity index (χ1) is 18.4. The predicted molar refractivity (Wildman–Crippen MR) is 148 cm³/mol. The zero-order valence-electron chi connectivity index (χ0n) is 20.5. The molecule has 9 nitrogen and oxygen atoms in total. The molecule has 0 spiro atoms. The quantitative estimate of drug-likeness (QED) is 0.272. The van der Waals surface area contributed by atoms with Gasteiger partial charge in [0, 0.05) is 64.5 Å². The van der Waals surface area contributed by atoms with Crippen LogP contribution >= 0.6 is 11.3 Å². The minimum atomic E-state index is -0.442. The van der Waals surface area contributed by atoms with Gasteiger partial charge in [-0.05, 0) is 42.8 Å². The van der Waals surface area contributed by atoms with Gasteiger partial charge < -0.3 is 20.9 Å². The lowest BCUT2D eigenvalue weighted by Crippen LogP contribution is -2.26. The lowest BCUT2D eigenvalue weighted by molar-refractivity contribution is -0.117. The van der Waals surface area contributed by atoms with E-state index in [1.807, 2.05) is 48.5 Å². The number of amides is 3. The summed E-state index contributed by atoms with van der Waals surface area (Å²) >= 11 is 1.36. The van der Waals surface area contributed by atoms with Gasteiger partial charge in [0.15, 0.2) is 0 Å². The summed E-state index contributed by atoms with van der Waals surface area (Å²) in [6, 6.07) is 18.2. The number of fused-ring (bicyclic) bond motifs is 1. The highest BCUT2D eigenvalue weighted by Crippen LogP contribution is 2.32. The number of carbonyl (C=O) groups excluding carboxylic acids is 3. The van der Waals surface area contributed by atoms with Crippen molar-refractivity contribution in [1.29, 1.82) is 0 Å². The highest BCUT2D eigenvalue weighted by Gasteiger charge is 2.20. The first-order valence-electron chi connectivity index (χ1n) is 11.8. The van der Waals surface area contributed by atoms with Gasteiger partial charge in [0.25, 0.3) is 11.8 Å². The molecule has 5 aromatic rings. The van der Waals surface area contributed by atoms with Crippen LogP contribution in [0.3, 0.4) is 0 Å². The summed E-state index contributed by atoms with van der Waals surface area (Å²) in [7, 11) is 1.71. The Labute approximate surface area is 222 Å². The number of carbonyl (C=O) groups is 3. The number of primary amides is 1. The third-order valence-electron chi connectivity index (χ3n) is 6.13. The molecular formula is C28H24N6O3S. The normalized spacial score (nSPS) is 10.9. The molecule has 190 valence electrons. The van der Waals surface area contributed by atoms with Crippen LogP contribution in [0.25, 0.3) is 21.5 Å². The van der Waals surface area contributed by atoms with Gasteiger partial charge in [0.2, 0.25) is 5.91 Å². The topological polar surface area (TPSA) is 134 Å². The van der Waals surface area contributed by atoms with Crippen molar-refractivity contribution in [3.63, 3.8) is 0 Å². The van der Waals surface area contributed by atoms with Crippen molar-refractivity contribution < 1.29 is 14.4 Å². The molecule has 0 unspecified atom stereocenters. The number of thiazole rings is 1. The highest BCUT2D eigenvalue weighted by molar-refractivity contribution is 7.13. The van der Waals surface area contributed by atoms with E-state index in [1.54, 1.807) is 41.9 Å². The van der Waals surface area contributed by atoms with E-state index in [0.29, 0.717) is 34.0 Å². The molecule has 38 heavy (non-hydrogen) atoms. The summed E-state index contributed by atoms with van der Waals surface area (Å²) in [4.78, 5) is 50.9. The van der Waals surface area contributed by atoms with E-state index < -0.39 is 5.91 Å². The van der Waals surface area contributed by atoms with Crippen LogP contribution in [0, 0.1) is 0 Å². The molecule has 10 heteroatoms. The number of nitrogens with zero attached hydrogens (tertiary/aromatic N) is 3. The third kappa shape index (κ3) is 5.16. The van der Waals surface area contributed by atoms with Crippen molar-refractivity contribution >= 4 is 51.5 Å². The Kier molecular flexibility index (Phi) is 6.96. The highest BCUT2D eigenvalue weighted by atomic mass is 32.1. The summed E-state index contributed by atoms with van der Waals surface area (Å²) < 4.78 is 0. The fourth-order valence-corrected chi connectivity index (χ4v) is 4.95. The van der Waals surface area contributed by atoms with Gasteiger partial charge in [-0.3, -0.25) is 19.4 Å². The van der Waals surface area contributed by atoms with Crippen molar-refractivity contribution in [2.45, 2.75) is 12.8 Å². The molecule has 0 fully saturated rings. The predicted octanol–water partition coefficient (Wildman–Crippen LogP) is 4.63. The van der Waals surface area contributed by atoms with Gasteiger partial charge in [-0.1, -0.05) is 24.3 Å². The molecule has 0 aliphatic heterocycles. The van der Waals surface area contributed by atoms with Crippen LogP contribution in [0.5, 0.6) is 0 Å². The number of rotatable bonds is 8. The average Bonchev–Trinajstić information content (AvgIpc) is 3.57. The number of aryl methyl sites for hydroxylation is 1. The van der Waals surface area contributed by atoms with E-state index in [2.05, 4.69) is 20.3 Å². The lowest BCUT2D eigenvalue weighted by Gasteiger charge is -2.17. The Bertz CT molecular complexity index is 1630. The molecular weight excluding hydrogens is 500 g/mol. The van der Waals surface area contributed by atoms with E-state index >= 15 is 0 Å². The lowest BCUT2D eigenvalue weighted by atomic mass is 10.1. The molecule has 2 aromatic carbocycles. The van der Waals surface area contributed by atoms with E-state index in [1.165, 1.54) is 11.3 Å². The second-order valence-corrected chi connectivity index (χ2v) is 9.49. The Morgan fingerprint density at radius 3 is 2.55 bits per heavy atom. The van der Waals surface area contributed by atoms with Crippen LogP contribution in [0.2, 0.25) is 0 Å². The number of nitrogens with one attached hydrogen (secondary N) is 2. The van der Waals surface area contributed by atoms with Gasteiger partial charge >= 0.3 is 0 Å². The molecule has 0 atom stereocenters. The van der Waals surface area contributed by atoms with Crippen LogP contribution in [0.15, 0.2) is 78.4 Å². The number of hydrogen-bond acceptors (Lipinski definition) is 6. The smallest absolute Gasteiger partial charge is 0.276 e. The minimum absolute atomic E-state index is 0.118. The number of H-pyrrole nitrogens is 1. The Morgan fingerprint density at radius 1 is 1.05 bits per heavy atom. The van der Waals surface area contributed by atoms with Crippen molar-refractivity contribution in [3.8, 4) is 10.6 Å². The van der Waals surface area contributed by atoms with Crippen LogP contribution in [-0.4, -0.2) is 39.7 Å².